The third-order valence-electron chi connectivity index (χ3n) is 2.29. The van der Waals surface area contributed by atoms with Gasteiger partial charge in [-0.1, -0.05) is 6.42 Å². The molecule has 0 aromatic heterocycles. The molecule has 1 unspecified atom stereocenters. The zero-order valence-electron chi connectivity index (χ0n) is 9.84. The molecule has 1 aliphatic heterocycles. The van der Waals surface area contributed by atoms with E-state index in [4.69, 9.17) is 0 Å². The molecule has 1 atom stereocenters. The van der Waals surface area contributed by atoms with Crippen molar-refractivity contribution in [1.82, 2.24) is 10.0 Å². The molecule has 1 fully saturated rings. The number of hydrogen-bond acceptors (Lipinski definition) is 3. The van der Waals surface area contributed by atoms with Gasteiger partial charge in [0.2, 0.25) is 10.0 Å². The van der Waals surface area contributed by atoms with E-state index in [1.54, 1.807) is 0 Å². The lowest BCUT2D eigenvalue weighted by molar-refractivity contribution is 0.418. The number of rotatable bonds is 3. The highest BCUT2D eigenvalue weighted by Gasteiger charge is 2.24. The Morgan fingerprint density at radius 1 is 1.33 bits per heavy atom. The SMILES string of the molecule is CC(C)(C)NS(=O)(=O)CC1CCCCN1. The first-order valence-corrected chi connectivity index (χ1v) is 7.19. The summed E-state index contributed by atoms with van der Waals surface area (Å²) in [5.74, 6) is 0.199. The minimum absolute atomic E-state index is 0.124. The maximum Gasteiger partial charge on any atom is 0.213 e. The molecule has 0 radical (unpaired) electrons. The molecular weight excluding hydrogens is 212 g/mol. The fourth-order valence-electron chi connectivity index (χ4n) is 1.84. The number of hydrogen-bond donors (Lipinski definition) is 2. The largest absolute Gasteiger partial charge is 0.313 e. The van der Waals surface area contributed by atoms with Crippen LogP contribution in [-0.2, 0) is 10.0 Å². The first-order chi connectivity index (χ1) is 6.79. The van der Waals surface area contributed by atoms with Crippen LogP contribution < -0.4 is 10.0 Å². The van der Waals surface area contributed by atoms with Crippen LogP contribution in [-0.4, -0.2) is 32.3 Å². The predicted molar refractivity (Wildman–Crippen MR) is 62.3 cm³/mol. The summed E-state index contributed by atoms with van der Waals surface area (Å²) in [6.07, 6.45) is 3.25. The van der Waals surface area contributed by atoms with Gasteiger partial charge < -0.3 is 5.32 Å². The molecular formula is C10H22N2O2S. The van der Waals surface area contributed by atoms with Crippen molar-refractivity contribution in [2.75, 3.05) is 12.3 Å². The second-order valence-electron chi connectivity index (χ2n) is 5.28. The maximum absolute atomic E-state index is 11.8. The van der Waals surface area contributed by atoms with E-state index < -0.39 is 10.0 Å². The minimum Gasteiger partial charge on any atom is -0.313 e. The minimum atomic E-state index is -3.15. The van der Waals surface area contributed by atoms with E-state index in [1.165, 1.54) is 0 Å². The second kappa shape index (κ2) is 4.80. The molecule has 0 aromatic carbocycles. The van der Waals surface area contributed by atoms with Crippen molar-refractivity contribution in [3.05, 3.63) is 0 Å². The zero-order valence-corrected chi connectivity index (χ0v) is 10.7. The maximum atomic E-state index is 11.8. The van der Waals surface area contributed by atoms with Gasteiger partial charge in [-0.2, -0.15) is 0 Å². The Bertz CT molecular complexity index is 287. The summed E-state index contributed by atoms with van der Waals surface area (Å²) >= 11 is 0. The van der Waals surface area contributed by atoms with Crippen molar-refractivity contribution < 1.29 is 8.42 Å². The van der Waals surface area contributed by atoms with Gasteiger partial charge in [-0.3, -0.25) is 0 Å². The molecule has 90 valence electrons. The van der Waals surface area contributed by atoms with Crippen LogP contribution in [0.2, 0.25) is 0 Å². The summed E-state index contributed by atoms with van der Waals surface area (Å²) in [6, 6.07) is 0.124. The van der Waals surface area contributed by atoms with Crippen LogP contribution in [0.1, 0.15) is 40.0 Å². The molecule has 4 nitrogen and oxygen atoms in total. The monoisotopic (exact) mass is 234 g/mol. The van der Waals surface area contributed by atoms with Crippen LogP contribution in [0.3, 0.4) is 0 Å². The summed E-state index contributed by atoms with van der Waals surface area (Å²) in [6.45, 7) is 6.52. The van der Waals surface area contributed by atoms with Crippen LogP contribution in [0, 0.1) is 0 Å². The highest BCUT2D eigenvalue weighted by atomic mass is 32.2. The quantitative estimate of drug-likeness (QED) is 0.761. The predicted octanol–water partition coefficient (Wildman–Crippen LogP) is 0.846. The third-order valence-corrected chi connectivity index (χ3v) is 4.06. The Labute approximate surface area is 92.9 Å². The summed E-state index contributed by atoms with van der Waals surface area (Å²) in [5, 5.41) is 3.24. The number of piperidine rings is 1. The van der Waals surface area contributed by atoms with Gasteiger partial charge in [0.1, 0.15) is 0 Å². The van der Waals surface area contributed by atoms with Crippen LogP contribution in [0.25, 0.3) is 0 Å². The molecule has 0 aliphatic carbocycles. The van der Waals surface area contributed by atoms with E-state index in [9.17, 15) is 8.42 Å². The van der Waals surface area contributed by atoms with Crippen molar-refractivity contribution >= 4 is 10.0 Å². The normalized spacial score (nSPS) is 24.1. The molecule has 1 rings (SSSR count). The number of nitrogens with one attached hydrogen (secondary N) is 2. The first-order valence-electron chi connectivity index (χ1n) is 5.53. The van der Waals surface area contributed by atoms with Crippen molar-refractivity contribution in [2.24, 2.45) is 0 Å². The van der Waals surface area contributed by atoms with E-state index in [1.807, 2.05) is 20.8 Å². The smallest absolute Gasteiger partial charge is 0.213 e. The van der Waals surface area contributed by atoms with Crippen molar-refractivity contribution in [2.45, 2.75) is 51.6 Å². The third kappa shape index (κ3) is 5.49. The lowest BCUT2D eigenvalue weighted by Crippen LogP contribution is -2.47. The molecule has 2 N–H and O–H groups in total. The zero-order chi connectivity index (χ0) is 11.5. The molecule has 1 heterocycles. The summed E-state index contributed by atoms with van der Waals surface area (Å²) in [4.78, 5) is 0. The molecule has 0 aromatic rings. The molecule has 1 aliphatic rings. The summed E-state index contributed by atoms with van der Waals surface area (Å²) in [7, 11) is -3.15. The van der Waals surface area contributed by atoms with E-state index in [0.29, 0.717) is 0 Å². The van der Waals surface area contributed by atoms with Crippen molar-refractivity contribution in [3.63, 3.8) is 0 Å². The molecule has 5 heteroatoms. The topological polar surface area (TPSA) is 58.2 Å². The fraction of sp³-hybridized carbons (Fsp3) is 1.00. The molecule has 0 spiro atoms. The molecule has 1 saturated heterocycles. The number of sulfonamides is 1. The Morgan fingerprint density at radius 3 is 2.47 bits per heavy atom. The van der Waals surface area contributed by atoms with Gasteiger partial charge in [-0.05, 0) is 40.2 Å². The van der Waals surface area contributed by atoms with Crippen LogP contribution >= 0.6 is 0 Å². The van der Waals surface area contributed by atoms with Crippen LogP contribution in [0.4, 0.5) is 0 Å². The van der Waals surface area contributed by atoms with E-state index in [0.717, 1.165) is 25.8 Å². The van der Waals surface area contributed by atoms with E-state index in [2.05, 4.69) is 10.0 Å². The summed E-state index contributed by atoms with van der Waals surface area (Å²) < 4.78 is 26.2. The lowest BCUT2D eigenvalue weighted by atomic mass is 10.1. The Balaban J connectivity index is 2.48. The second-order valence-corrected chi connectivity index (χ2v) is 7.05. The Kier molecular flexibility index (Phi) is 4.14. The lowest BCUT2D eigenvalue weighted by Gasteiger charge is -2.26. The Hall–Kier alpha value is -0.130. The van der Waals surface area contributed by atoms with Crippen LogP contribution in [0.15, 0.2) is 0 Å². The van der Waals surface area contributed by atoms with Gasteiger partial charge in [0.15, 0.2) is 0 Å². The van der Waals surface area contributed by atoms with Gasteiger partial charge in [0.25, 0.3) is 0 Å². The van der Waals surface area contributed by atoms with Crippen LogP contribution in [0.5, 0.6) is 0 Å². The van der Waals surface area contributed by atoms with Gasteiger partial charge in [0, 0.05) is 11.6 Å². The van der Waals surface area contributed by atoms with E-state index in [-0.39, 0.29) is 17.3 Å². The van der Waals surface area contributed by atoms with Gasteiger partial charge >= 0.3 is 0 Å². The highest BCUT2D eigenvalue weighted by molar-refractivity contribution is 7.89. The van der Waals surface area contributed by atoms with Crippen molar-refractivity contribution in [1.29, 1.82) is 0 Å². The molecule has 0 bridgehead atoms. The highest BCUT2D eigenvalue weighted by Crippen LogP contribution is 2.10. The fourth-order valence-corrected chi connectivity index (χ4v) is 3.67. The van der Waals surface area contributed by atoms with Gasteiger partial charge in [0.05, 0.1) is 5.75 Å². The average Bonchev–Trinajstić information content (AvgIpc) is 1.99. The average molecular weight is 234 g/mol. The Morgan fingerprint density at radius 2 is 2.00 bits per heavy atom. The standard InChI is InChI=1S/C10H22N2O2S/c1-10(2,3)12-15(13,14)8-9-6-4-5-7-11-9/h9,11-12H,4-8H2,1-3H3. The van der Waals surface area contributed by atoms with Gasteiger partial charge in [-0.15, -0.1) is 0 Å². The summed E-state index contributed by atoms with van der Waals surface area (Å²) in [5.41, 5.74) is -0.381. The first kappa shape index (κ1) is 12.9. The van der Waals surface area contributed by atoms with Crippen molar-refractivity contribution in [3.8, 4) is 0 Å². The molecule has 15 heavy (non-hydrogen) atoms. The van der Waals surface area contributed by atoms with Gasteiger partial charge in [-0.25, -0.2) is 13.1 Å². The van der Waals surface area contributed by atoms with E-state index >= 15 is 0 Å². The molecule has 0 amide bonds. The molecule has 0 saturated carbocycles.